The highest BCUT2D eigenvalue weighted by Gasteiger charge is 2.20. The molecule has 0 saturated heterocycles. The second kappa shape index (κ2) is 6.68. The van der Waals surface area contributed by atoms with Gasteiger partial charge >= 0.3 is 5.69 Å². The summed E-state index contributed by atoms with van der Waals surface area (Å²) in [5.41, 5.74) is -0.364. The summed E-state index contributed by atoms with van der Waals surface area (Å²) in [6.45, 7) is 7.33. The van der Waals surface area contributed by atoms with E-state index in [-0.39, 0.29) is 17.8 Å². The number of aryl methyl sites for hydroxylation is 1. The largest absolute Gasteiger partial charge is 0.379 e. The third-order valence-corrected chi connectivity index (χ3v) is 3.21. The number of aromatic nitrogens is 2. The summed E-state index contributed by atoms with van der Waals surface area (Å²) in [4.78, 5) is 25.3. The van der Waals surface area contributed by atoms with Crippen molar-refractivity contribution in [2.75, 3.05) is 7.11 Å². The number of hydrogen-bond donors (Lipinski definition) is 1. The van der Waals surface area contributed by atoms with Crippen LogP contribution in [0, 0.1) is 6.92 Å². The molecule has 1 N–H and O–H groups in total. The van der Waals surface area contributed by atoms with E-state index in [9.17, 15) is 9.59 Å². The molecule has 1 heterocycles. The van der Waals surface area contributed by atoms with Crippen LogP contribution in [-0.4, -0.2) is 28.9 Å². The maximum Gasteiger partial charge on any atom is 0.330 e. The Labute approximate surface area is 112 Å². The summed E-state index contributed by atoms with van der Waals surface area (Å²) in [5.74, 6) is 0. The van der Waals surface area contributed by atoms with Crippen LogP contribution in [0.1, 0.15) is 39.0 Å². The van der Waals surface area contributed by atoms with E-state index >= 15 is 0 Å². The van der Waals surface area contributed by atoms with Crippen molar-refractivity contribution in [3.63, 3.8) is 0 Å². The van der Waals surface area contributed by atoms with Crippen LogP contribution in [0.5, 0.6) is 0 Å². The van der Waals surface area contributed by atoms with Crippen molar-refractivity contribution in [1.29, 1.82) is 0 Å². The molecule has 0 aliphatic heterocycles. The zero-order valence-electron chi connectivity index (χ0n) is 12.1. The van der Waals surface area contributed by atoms with Crippen molar-refractivity contribution in [3.05, 3.63) is 32.6 Å². The molecule has 0 aromatic carbocycles. The molecular formula is C13H22N2O4. The third-order valence-electron chi connectivity index (χ3n) is 3.21. The lowest BCUT2D eigenvalue weighted by Crippen LogP contribution is -2.36. The first kappa shape index (κ1) is 15.7. The topological polar surface area (TPSA) is 73.3 Å². The van der Waals surface area contributed by atoms with E-state index in [1.165, 1.54) is 10.8 Å². The number of nitrogens with one attached hydrogen (secondary N) is 1. The van der Waals surface area contributed by atoms with Crippen LogP contribution in [0.25, 0.3) is 0 Å². The van der Waals surface area contributed by atoms with Crippen molar-refractivity contribution >= 4 is 0 Å². The quantitative estimate of drug-likeness (QED) is 0.842. The number of H-pyrrole nitrogens is 1. The van der Waals surface area contributed by atoms with E-state index in [0.717, 1.165) is 6.42 Å². The smallest absolute Gasteiger partial charge is 0.330 e. The number of nitrogens with zero attached hydrogens (tertiary/aromatic N) is 1. The standard InChI is InChI=1S/C13H22N2O4/c1-6-11(9(3)18-5)19-10(4)15-7-8(2)12(16)14-13(15)17/h7,9-11H,6H2,1-5H3,(H,14,16,17)/t9?,10?,11-/m0/s1. The van der Waals surface area contributed by atoms with Gasteiger partial charge in [0.1, 0.15) is 6.23 Å². The third kappa shape index (κ3) is 3.78. The molecule has 0 radical (unpaired) electrons. The minimum absolute atomic E-state index is 0.0630. The van der Waals surface area contributed by atoms with Gasteiger partial charge in [-0.05, 0) is 27.2 Å². The van der Waals surface area contributed by atoms with Gasteiger partial charge in [0.25, 0.3) is 5.56 Å². The summed E-state index contributed by atoms with van der Waals surface area (Å²) in [5, 5.41) is 0. The highest BCUT2D eigenvalue weighted by Crippen LogP contribution is 2.15. The summed E-state index contributed by atoms with van der Waals surface area (Å²) >= 11 is 0. The highest BCUT2D eigenvalue weighted by molar-refractivity contribution is 5.01. The van der Waals surface area contributed by atoms with E-state index in [4.69, 9.17) is 9.47 Å². The minimum Gasteiger partial charge on any atom is -0.379 e. The van der Waals surface area contributed by atoms with Crippen LogP contribution >= 0.6 is 0 Å². The molecule has 1 aromatic heterocycles. The fourth-order valence-electron chi connectivity index (χ4n) is 1.87. The first-order valence-electron chi connectivity index (χ1n) is 6.41. The lowest BCUT2D eigenvalue weighted by molar-refractivity contribution is -0.105. The Bertz CT molecular complexity index is 520. The molecule has 0 bridgehead atoms. The second-order valence-electron chi connectivity index (χ2n) is 4.60. The molecule has 1 aromatic rings. The molecule has 0 aliphatic carbocycles. The van der Waals surface area contributed by atoms with Gasteiger partial charge in [-0.1, -0.05) is 6.92 Å². The van der Waals surface area contributed by atoms with Gasteiger partial charge in [-0.3, -0.25) is 14.3 Å². The molecule has 3 atom stereocenters. The van der Waals surface area contributed by atoms with Crippen molar-refractivity contribution in [2.45, 2.75) is 52.6 Å². The Balaban J connectivity index is 2.95. The number of hydrogen-bond acceptors (Lipinski definition) is 4. The zero-order chi connectivity index (χ0) is 14.6. The lowest BCUT2D eigenvalue weighted by Gasteiger charge is -2.26. The molecule has 0 saturated carbocycles. The van der Waals surface area contributed by atoms with Crippen LogP contribution in [0.3, 0.4) is 0 Å². The molecule has 108 valence electrons. The fourth-order valence-corrected chi connectivity index (χ4v) is 1.87. The van der Waals surface area contributed by atoms with Gasteiger partial charge in [-0.15, -0.1) is 0 Å². The second-order valence-corrected chi connectivity index (χ2v) is 4.60. The molecule has 2 unspecified atom stereocenters. The Kier molecular flexibility index (Phi) is 5.50. The van der Waals surface area contributed by atoms with Gasteiger partial charge in [-0.25, -0.2) is 4.79 Å². The van der Waals surface area contributed by atoms with Crippen LogP contribution in [0.2, 0.25) is 0 Å². The molecule has 1 rings (SSSR count). The highest BCUT2D eigenvalue weighted by atomic mass is 16.5. The summed E-state index contributed by atoms with van der Waals surface area (Å²) in [7, 11) is 1.62. The Morgan fingerprint density at radius 2 is 2.00 bits per heavy atom. The van der Waals surface area contributed by atoms with E-state index in [2.05, 4.69) is 4.98 Å². The average molecular weight is 270 g/mol. The minimum atomic E-state index is -0.469. The number of rotatable bonds is 6. The van der Waals surface area contributed by atoms with Gasteiger partial charge in [0.05, 0.1) is 12.2 Å². The fraction of sp³-hybridized carbons (Fsp3) is 0.692. The van der Waals surface area contributed by atoms with Crippen LogP contribution in [0.4, 0.5) is 0 Å². The normalized spacial score (nSPS) is 16.1. The Morgan fingerprint density at radius 1 is 1.37 bits per heavy atom. The summed E-state index contributed by atoms with van der Waals surface area (Å²) < 4.78 is 12.4. The number of ether oxygens (including phenoxy) is 2. The van der Waals surface area contributed by atoms with Crippen molar-refractivity contribution < 1.29 is 9.47 Å². The predicted molar refractivity (Wildman–Crippen MR) is 72.4 cm³/mol. The van der Waals surface area contributed by atoms with Crippen molar-refractivity contribution in [2.24, 2.45) is 0 Å². The Hall–Kier alpha value is -1.40. The first-order valence-corrected chi connectivity index (χ1v) is 6.41. The molecule has 6 nitrogen and oxygen atoms in total. The number of methoxy groups -OCH3 is 1. The molecule has 0 spiro atoms. The van der Waals surface area contributed by atoms with Gasteiger partial charge < -0.3 is 9.47 Å². The van der Waals surface area contributed by atoms with E-state index in [1.54, 1.807) is 21.0 Å². The molecule has 6 heteroatoms. The van der Waals surface area contributed by atoms with Crippen LogP contribution in [0.15, 0.2) is 15.8 Å². The molecule has 0 fully saturated rings. The monoisotopic (exact) mass is 270 g/mol. The number of aromatic amines is 1. The lowest BCUT2D eigenvalue weighted by atomic mass is 10.2. The SMILES string of the molecule is CC[C@H](OC(C)n1cc(C)c(=O)[nH]c1=O)C(C)OC. The molecule has 19 heavy (non-hydrogen) atoms. The van der Waals surface area contributed by atoms with Crippen LogP contribution in [-0.2, 0) is 9.47 Å². The van der Waals surface area contributed by atoms with Gasteiger partial charge in [0.15, 0.2) is 0 Å². The van der Waals surface area contributed by atoms with Crippen molar-refractivity contribution in [3.8, 4) is 0 Å². The Morgan fingerprint density at radius 3 is 2.53 bits per heavy atom. The zero-order valence-corrected chi connectivity index (χ0v) is 12.1. The van der Waals surface area contributed by atoms with E-state index < -0.39 is 11.9 Å². The van der Waals surface area contributed by atoms with E-state index in [0.29, 0.717) is 5.56 Å². The molecular weight excluding hydrogens is 248 g/mol. The average Bonchev–Trinajstić information content (AvgIpc) is 2.38. The molecule has 0 amide bonds. The molecule has 0 aliphatic rings. The van der Waals surface area contributed by atoms with E-state index in [1.807, 2.05) is 13.8 Å². The first-order chi connectivity index (χ1) is 8.90. The van der Waals surface area contributed by atoms with Gasteiger partial charge in [0, 0.05) is 18.9 Å². The summed E-state index contributed by atoms with van der Waals surface area (Å²) in [6, 6.07) is 0. The van der Waals surface area contributed by atoms with Gasteiger partial charge in [-0.2, -0.15) is 0 Å². The maximum absolute atomic E-state index is 11.7. The van der Waals surface area contributed by atoms with Crippen LogP contribution < -0.4 is 11.2 Å². The van der Waals surface area contributed by atoms with Crippen molar-refractivity contribution in [1.82, 2.24) is 9.55 Å². The predicted octanol–water partition coefficient (Wildman–Crippen LogP) is 1.19. The summed E-state index contributed by atoms with van der Waals surface area (Å²) in [6.07, 6.45) is 1.64. The maximum atomic E-state index is 11.7. The van der Waals surface area contributed by atoms with Gasteiger partial charge in [0.2, 0.25) is 0 Å².